The topological polar surface area (TPSA) is 24.5 Å². The highest BCUT2D eigenvalue weighted by atomic mass is 32.1. The van der Waals surface area contributed by atoms with Crippen LogP contribution < -0.4 is 5.32 Å². The van der Waals surface area contributed by atoms with Crippen LogP contribution in [-0.4, -0.2) is 49.8 Å². The molecule has 3 rings (SSSR count). The van der Waals surface area contributed by atoms with Gasteiger partial charge in [0.1, 0.15) is 0 Å². The van der Waals surface area contributed by atoms with E-state index in [1.54, 1.807) is 0 Å². The van der Waals surface area contributed by atoms with E-state index in [-0.39, 0.29) is 0 Å². The standard InChI is InChI=1S/C14H22N2OS/c1-3-12-11-17-13(10-16(12)7-1)9-15-6-5-14-4-2-8-18-14/h2,4,8,12-13,15H,1,3,5-7,9-11H2. The second kappa shape index (κ2) is 6.15. The fourth-order valence-corrected chi connectivity index (χ4v) is 3.65. The second-order valence-electron chi connectivity index (χ2n) is 5.28. The van der Waals surface area contributed by atoms with E-state index in [9.17, 15) is 0 Å². The lowest BCUT2D eigenvalue weighted by Gasteiger charge is -2.35. The highest BCUT2D eigenvalue weighted by Gasteiger charge is 2.31. The molecule has 18 heavy (non-hydrogen) atoms. The third-order valence-corrected chi connectivity index (χ3v) is 4.90. The zero-order valence-corrected chi connectivity index (χ0v) is 11.6. The molecule has 100 valence electrons. The Morgan fingerprint density at radius 2 is 2.50 bits per heavy atom. The summed E-state index contributed by atoms with van der Waals surface area (Å²) in [6, 6.07) is 5.04. The molecule has 2 unspecified atom stereocenters. The largest absolute Gasteiger partial charge is 0.374 e. The lowest BCUT2D eigenvalue weighted by molar-refractivity contribution is -0.0468. The van der Waals surface area contributed by atoms with E-state index in [4.69, 9.17) is 4.74 Å². The molecule has 0 bridgehead atoms. The Bertz CT molecular complexity index is 355. The van der Waals surface area contributed by atoms with Gasteiger partial charge in [-0.1, -0.05) is 6.07 Å². The molecule has 1 N–H and O–H groups in total. The minimum absolute atomic E-state index is 0.391. The highest BCUT2D eigenvalue weighted by molar-refractivity contribution is 7.09. The number of ether oxygens (including phenoxy) is 1. The molecule has 0 radical (unpaired) electrons. The number of hydrogen-bond acceptors (Lipinski definition) is 4. The summed E-state index contributed by atoms with van der Waals surface area (Å²) in [5.41, 5.74) is 0. The molecule has 1 aromatic rings. The van der Waals surface area contributed by atoms with Gasteiger partial charge < -0.3 is 10.1 Å². The maximum absolute atomic E-state index is 5.93. The maximum atomic E-state index is 5.93. The normalized spacial score (nSPS) is 28.4. The van der Waals surface area contributed by atoms with Gasteiger partial charge in [0.15, 0.2) is 0 Å². The molecule has 0 spiro atoms. The van der Waals surface area contributed by atoms with Crippen molar-refractivity contribution in [1.29, 1.82) is 0 Å². The summed E-state index contributed by atoms with van der Waals surface area (Å²) >= 11 is 1.84. The van der Waals surface area contributed by atoms with Crippen LogP contribution in [0.5, 0.6) is 0 Å². The average Bonchev–Trinajstić information content (AvgIpc) is 3.05. The monoisotopic (exact) mass is 266 g/mol. The Kier molecular flexibility index (Phi) is 4.31. The molecule has 0 amide bonds. The molecule has 0 saturated carbocycles. The van der Waals surface area contributed by atoms with Gasteiger partial charge in [-0.2, -0.15) is 0 Å². The molecule has 4 heteroatoms. The van der Waals surface area contributed by atoms with Gasteiger partial charge in [0.25, 0.3) is 0 Å². The van der Waals surface area contributed by atoms with Crippen LogP contribution in [0.4, 0.5) is 0 Å². The number of thiophene rings is 1. The first kappa shape index (κ1) is 12.6. The Morgan fingerprint density at radius 1 is 1.50 bits per heavy atom. The van der Waals surface area contributed by atoms with Gasteiger partial charge in [0.2, 0.25) is 0 Å². The van der Waals surface area contributed by atoms with Crippen LogP contribution in [0.2, 0.25) is 0 Å². The van der Waals surface area contributed by atoms with E-state index < -0.39 is 0 Å². The Labute approximate surface area is 113 Å². The molecular formula is C14H22N2OS. The minimum Gasteiger partial charge on any atom is -0.374 e. The van der Waals surface area contributed by atoms with Crippen molar-refractivity contribution in [3.63, 3.8) is 0 Å². The summed E-state index contributed by atoms with van der Waals surface area (Å²) in [5.74, 6) is 0. The van der Waals surface area contributed by atoms with Crippen LogP contribution in [0.1, 0.15) is 17.7 Å². The maximum Gasteiger partial charge on any atom is 0.0826 e. The van der Waals surface area contributed by atoms with Crippen molar-refractivity contribution < 1.29 is 4.74 Å². The summed E-state index contributed by atoms with van der Waals surface area (Å²) in [6.45, 7) is 5.39. The van der Waals surface area contributed by atoms with Crippen molar-refractivity contribution in [3.05, 3.63) is 22.4 Å². The minimum atomic E-state index is 0.391. The van der Waals surface area contributed by atoms with Gasteiger partial charge in [0, 0.05) is 30.6 Å². The molecule has 0 aromatic carbocycles. The molecule has 2 aliphatic rings. The van der Waals surface area contributed by atoms with E-state index >= 15 is 0 Å². The van der Waals surface area contributed by atoms with E-state index in [0.717, 1.165) is 32.7 Å². The third kappa shape index (κ3) is 3.12. The molecule has 2 atom stereocenters. The number of nitrogens with zero attached hydrogens (tertiary/aromatic N) is 1. The van der Waals surface area contributed by atoms with Gasteiger partial charge in [0.05, 0.1) is 12.7 Å². The predicted octanol–water partition coefficient (Wildman–Crippen LogP) is 1.74. The van der Waals surface area contributed by atoms with Crippen molar-refractivity contribution >= 4 is 11.3 Å². The SMILES string of the molecule is c1csc(CCNCC2CN3CCCC3CO2)c1. The molecule has 2 aliphatic heterocycles. The van der Waals surface area contributed by atoms with Crippen molar-refractivity contribution in [1.82, 2.24) is 10.2 Å². The number of morpholine rings is 1. The van der Waals surface area contributed by atoms with Gasteiger partial charge in [-0.3, -0.25) is 4.90 Å². The Balaban J connectivity index is 1.34. The van der Waals surface area contributed by atoms with Crippen LogP contribution in [0.3, 0.4) is 0 Å². The first-order valence-electron chi connectivity index (χ1n) is 7.00. The number of fused-ring (bicyclic) bond motifs is 1. The first-order valence-corrected chi connectivity index (χ1v) is 7.88. The van der Waals surface area contributed by atoms with Gasteiger partial charge in [-0.25, -0.2) is 0 Å². The fourth-order valence-electron chi connectivity index (χ4n) is 2.94. The Hall–Kier alpha value is -0.420. The first-order chi connectivity index (χ1) is 8.92. The van der Waals surface area contributed by atoms with E-state index in [1.165, 1.54) is 24.3 Å². The summed E-state index contributed by atoms with van der Waals surface area (Å²) in [5, 5.41) is 5.67. The van der Waals surface area contributed by atoms with E-state index in [0.29, 0.717) is 12.1 Å². The van der Waals surface area contributed by atoms with Crippen molar-refractivity contribution in [2.24, 2.45) is 0 Å². The van der Waals surface area contributed by atoms with Crippen LogP contribution >= 0.6 is 11.3 Å². The summed E-state index contributed by atoms with van der Waals surface area (Å²) < 4.78 is 5.93. The number of nitrogens with one attached hydrogen (secondary N) is 1. The van der Waals surface area contributed by atoms with Gasteiger partial charge >= 0.3 is 0 Å². The van der Waals surface area contributed by atoms with E-state index in [2.05, 4.69) is 27.7 Å². The molecule has 2 saturated heterocycles. The third-order valence-electron chi connectivity index (χ3n) is 3.96. The van der Waals surface area contributed by atoms with Gasteiger partial charge in [-0.15, -0.1) is 11.3 Å². The molecule has 1 aromatic heterocycles. The summed E-state index contributed by atoms with van der Waals surface area (Å²) in [4.78, 5) is 4.07. The number of rotatable bonds is 5. The molecule has 3 nitrogen and oxygen atoms in total. The zero-order chi connectivity index (χ0) is 12.2. The lowest BCUT2D eigenvalue weighted by atomic mass is 10.2. The van der Waals surface area contributed by atoms with Gasteiger partial charge in [-0.05, 0) is 37.3 Å². The number of hydrogen-bond donors (Lipinski definition) is 1. The van der Waals surface area contributed by atoms with Crippen molar-refractivity contribution in [3.8, 4) is 0 Å². The summed E-state index contributed by atoms with van der Waals surface area (Å²) in [7, 11) is 0. The predicted molar refractivity (Wildman–Crippen MR) is 75.2 cm³/mol. The Morgan fingerprint density at radius 3 is 3.39 bits per heavy atom. The summed E-state index contributed by atoms with van der Waals surface area (Å²) in [6.07, 6.45) is 4.21. The lowest BCUT2D eigenvalue weighted by Crippen LogP contribution is -2.49. The zero-order valence-electron chi connectivity index (χ0n) is 10.8. The average molecular weight is 266 g/mol. The van der Waals surface area contributed by atoms with Crippen LogP contribution in [-0.2, 0) is 11.2 Å². The van der Waals surface area contributed by atoms with Crippen molar-refractivity contribution in [2.45, 2.75) is 31.4 Å². The molecule has 0 aliphatic carbocycles. The second-order valence-corrected chi connectivity index (χ2v) is 6.31. The van der Waals surface area contributed by atoms with Crippen LogP contribution in [0.15, 0.2) is 17.5 Å². The quantitative estimate of drug-likeness (QED) is 0.822. The van der Waals surface area contributed by atoms with Crippen LogP contribution in [0, 0.1) is 0 Å². The molecule has 3 heterocycles. The fraction of sp³-hybridized carbons (Fsp3) is 0.714. The van der Waals surface area contributed by atoms with Crippen molar-refractivity contribution in [2.75, 3.05) is 32.8 Å². The molecule has 2 fully saturated rings. The van der Waals surface area contributed by atoms with E-state index in [1.807, 2.05) is 11.3 Å². The molecular weight excluding hydrogens is 244 g/mol. The smallest absolute Gasteiger partial charge is 0.0826 e. The van der Waals surface area contributed by atoms with Crippen LogP contribution in [0.25, 0.3) is 0 Å². The highest BCUT2D eigenvalue weighted by Crippen LogP contribution is 2.22.